The van der Waals surface area contributed by atoms with Gasteiger partial charge in [0.25, 0.3) is 11.6 Å². The van der Waals surface area contributed by atoms with Gasteiger partial charge in [-0.2, -0.15) is 0 Å². The van der Waals surface area contributed by atoms with Crippen LogP contribution in [0.2, 0.25) is 5.02 Å². The van der Waals surface area contributed by atoms with Gasteiger partial charge in [-0.25, -0.2) is 14.8 Å². The van der Waals surface area contributed by atoms with Crippen molar-refractivity contribution in [3.63, 3.8) is 0 Å². The number of aromatic nitrogens is 2. The summed E-state index contributed by atoms with van der Waals surface area (Å²) in [5, 5.41) is 13.1. The summed E-state index contributed by atoms with van der Waals surface area (Å²) in [5.41, 5.74) is 5.01. The van der Waals surface area contributed by atoms with Gasteiger partial charge >= 0.3 is 5.97 Å². The van der Waals surface area contributed by atoms with Crippen LogP contribution in [0.15, 0.2) is 30.6 Å². The van der Waals surface area contributed by atoms with Crippen molar-refractivity contribution in [2.45, 2.75) is 0 Å². The van der Waals surface area contributed by atoms with Gasteiger partial charge in [-0.05, 0) is 6.07 Å². The molecule has 1 aromatic heterocycles. The summed E-state index contributed by atoms with van der Waals surface area (Å²) in [4.78, 5) is 40.9. The van der Waals surface area contributed by atoms with Crippen LogP contribution in [-0.4, -0.2) is 33.4 Å². The largest absolute Gasteiger partial charge is 0.451 e. The van der Waals surface area contributed by atoms with E-state index in [-0.39, 0.29) is 27.9 Å². The molecule has 0 aliphatic rings. The molecule has 0 saturated heterocycles. The number of nitrogens with zero attached hydrogens (tertiary/aromatic N) is 3. The third-order valence-electron chi connectivity index (χ3n) is 2.69. The van der Waals surface area contributed by atoms with E-state index in [2.05, 4.69) is 15.3 Å². The number of esters is 1. The number of non-ortho nitro benzene ring substituents is 1. The molecule has 0 bridgehead atoms. The molecule has 1 aromatic carbocycles. The zero-order chi connectivity index (χ0) is 17.7. The van der Waals surface area contributed by atoms with Crippen molar-refractivity contribution in [1.29, 1.82) is 0 Å². The fourth-order valence-corrected chi connectivity index (χ4v) is 1.78. The topological polar surface area (TPSA) is 150 Å². The second kappa shape index (κ2) is 7.33. The summed E-state index contributed by atoms with van der Waals surface area (Å²) >= 11 is 5.84. The van der Waals surface area contributed by atoms with E-state index in [1.54, 1.807) is 0 Å². The number of carbonyl (C=O) groups excluding carboxylic acids is 2. The molecule has 0 fully saturated rings. The number of nitrogens with two attached hydrogens (primary N) is 1. The number of halogens is 1. The first kappa shape index (κ1) is 17.1. The molecule has 10 nitrogen and oxygen atoms in total. The smallest absolute Gasteiger partial charge is 0.361 e. The van der Waals surface area contributed by atoms with E-state index in [9.17, 15) is 19.7 Å². The number of nitrogens with one attached hydrogen (secondary N) is 1. The van der Waals surface area contributed by atoms with Gasteiger partial charge in [-0.1, -0.05) is 11.6 Å². The van der Waals surface area contributed by atoms with Gasteiger partial charge in [0.1, 0.15) is 0 Å². The molecule has 24 heavy (non-hydrogen) atoms. The number of rotatable bonds is 5. The molecule has 0 saturated carbocycles. The zero-order valence-corrected chi connectivity index (χ0v) is 12.7. The molecule has 1 amide bonds. The summed E-state index contributed by atoms with van der Waals surface area (Å²) in [5.74, 6) is -1.81. The van der Waals surface area contributed by atoms with E-state index in [1.807, 2.05) is 0 Å². The molecule has 0 atom stereocenters. The molecule has 2 rings (SSSR count). The Kier molecular flexibility index (Phi) is 5.22. The van der Waals surface area contributed by atoms with Crippen molar-refractivity contribution < 1.29 is 19.2 Å². The number of nitro groups is 1. The van der Waals surface area contributed by atoms with Gasteiger partial charge in [0.2, 0.25) is 0 Å². The van der Waals surface area contributed by atoms with Gasteiger partial charge in [0.05, 0.1) is 15.6 Å². The number of anilines is 2. The second-order valence-corrected chi connectivity index (χ2v) is 4.74. The molecule has 11 heteroatoms. The number of nitrogen functional groups attached to an aromatic ring is 1. The fourth-order valence-electron chi connectivity index (χ4n) is 1.61. The highest BCUT2D eigenvalue weighted by Gasteiger charge is 2.17. The van der Waals surface area contributed by atoms with Crippen molar-refractivity contribution in [2.75, 3.05) is 17.7 Å². The Bertz CT molecular complexity index is 813. The minimum absolute atomic E-state index is 0.0194. The van der Waals surface area contributed by atoms with Crippen LogP contribution in [-0.2, 0) is 9.53 Å². The molecule has 3 N–H and O–H groups in total. The van der Waals surface area contributed by atoms with Crippen molar-refractivity contribution in [3.8, 4) is 0 Å². The van der Waals surface area contributed by atoms with Gasteiger partial charge < -0.3 is 15.8 Å². The zero-order valence-electron chi connectivity index (χ0n) is 11.9. The van der Waals surface area contributed by atoms with Crippen molar-refractivity contribution in [2.24, 2.45) is 0 Å². The molecule has 0 spiro atoms. The molecular formula is C13H10ClN5O5. The normalized spacial score (nSPS) is 10.0. The Balaban J connectivity index is 1.99. The maximum atomic E-state index is 11.8. The molecule has 1 heterocycles. The lowest BCUT2D eigenvalue weighted by molar-refractivity contribution is -0.384. The average Bonchev–Trinajstić information content (AvgIpc) is 2.55. The Labute approximate surface area is 139 Å². The maximum absolute atomic E-state index is 11.8. The van der Waals surface area contributed by atoms with Crippen LogP contribution in [0, 0.1) is 10.1 Å². The fraction of sp³-hybridized carbons (Fsp3) is 0.0769. The number of nitro benzene ring substituents is 1. The summed E-state index contributed by atoms with van der Waals surface area (Å²) < 4.78 is 4.75. The minimum atomic E-state index is -0.930. The van der Waals surface area contributed by atoms with Gasteiger partial charge in [-0.3, -0.25) is 14.9 Å². The first-order valence-corrected chi connectivity index (χ1v) is 6.73. The lowest BCUT2D eigenvalue weighted by atomic mass is 10.3. The predicted octanol–water partition coefficient (Wildman–Crippen LogP) is 1.42. The van der Waals surface area contributed by atoms with Gasteiger partial charge in [-0.15, -0.1) is 0 Å². The first-order valence-electron chi connectivity index (χ1n) is 6.36. The monoisotopic (exact) mass is 351 g/mol. The van der Waals surface area contributed by atoms with Crippen LogP contribution in [0.25, 0.3) is 0 Å². The predicted molar refractivity (Wildman–Crippen MR) is 83.5 cm³/mol. The van der Waals surface area contributed by atoms with E-state index in [0.29, 0.717) is 0 Å². The average molecular weight is 352 g/mol. The second-order valence-electron chi connectivity index (χ2n) is 4.34. The van der Waals surface area contributed by atoms with Crippen LogP contribution < -0.4 is 11.1 Å². The van der Waals surface area contributed by atoms with Gasteiger partial charge in [0, 0.05) is 24.5 Å². The van der Waals surface area contributed by atoms with E-state index in [4.69, 9.17) is 22.1 Å². The molecule has 0 aliphatic heterocycles. The lowest BCUT2D eigenvalue weighted by Crippen LogP contribution is -2.22. The van der Waals surface area contributed by atoms with E-state index < -0.39 is 23.4 Å². The van der Waals surface area contributed by atoms with Crippen LogP contribution in [0.5, 0.6) is 0 Å². The number of hydrogen-bond donors (Lipinski definition) is 2. The summed E-state index contributed by atoms with van der Waals surface area (Å²) in [6, 6.07) is 3.54. The molecule has 0 unspecified atom stereocenters. The Morgan fingerprint density at radius 3 is 2.71 bits per heavy atom. The molecule has 2 aromatic rings. The summed E-state index contributed by atoms with van der Waals surface area (Å²) in [7, 11) is 0. The summed E-state index contributed by atoms with van der Waals surface area (Å²) in [6.07, 6.45) is 2.54. The highest BCUT2D eigenvalue weighted by atomic mass is 35.5. The highest BCUT2D eigenvalue weighted by molar-refractivity contribution is 6.33. The van der Waals surface area contributed by atoms with E-state index in [1.165, 1.54) is 24.5 Å². The van der Waals surface area contributed by atoms with E-state index in [0.717, 1.165) is 6.07 Å². The van der Waals surface area contributed by atoms with Crippen LogP contribution in [0.3, 0.4) is 0 Å². The van der Waals surface area contributed by atoms with Crippen molar-refractivity contribution in [3.05, 3.63) is 51.4 Å². The Hall–Kier alpha value is -3.27. The molecule has 124 valence electrons. The van der Waals surface area contributed by atoms with Crippen molar-refractivity contribution >= 4 is 40.7 Å². The highest BCUT2D eigenvalue weighted by Crippen LogP contribution is 2.26. The third-order valence-corrected chi connectivity index (χ3v) is 3.02. The molecular weight excluding hydrogens is 342 g/mol. The number of ether oxygens (including phenoxy) is 1. The summed E-state index contributed by atoms with van der Waals surface area (Å²) in [6.45, 7) is -0.659. The van der Waals surface area contributed by atoms with Crippen LogP contribution in [0.1, 0.15) is 10.5 Å². The molecule has 0 radical (unpaired) electrons. The third kappa shape index (κ3) is 4.14. The standard InChI is InChI=1S/C13H10ClN5O5/c14-8-2-1-7(19(22)23)5-9(8)18-10(20)6-24-13(21)11-12(15)17-4-3-16-11/h1-5H,6H2,(H2,15,17)(H,18,20). The van der Waals surface area contributed by atoms with Gasteiger partial charge in [0.15, 0.2) is 18.1 Å². The van der Waals surface area contributed by atoms with Crippen LogP contribution >= 0.6 is 11.6 Å². The molecule has 0 aliphatic carbocycles. The number of hydrogen-bond acceptors (Lipinski definition) is 8. The Morgan fingerprint density at radius 1 is 1.33 bits per heavy atom. The maximum Gasteiger partial charge on any atom is 0.361 e. The first-order chi connectivity index (χ1) is 11.4. The number of benzene rings is 1. The van der Waals surface area contributed by atoms with Crippen molar-refractivity contribution in [1.82, 2.24) is 9.97 Å². The minimum Gasteiger partial charge on any atom is -0.451 e. The van der Waals surface area contributed by atoms with E-state index >= 15 is 0 Å². The van der Waals surface area contributed by atoms with Crippen LogP contribution in [0.4, 0.5) is 17.2 Å². The SMILES string of the molecule is Nc1nccnc1C(=O)OCC(=O)Nc1cc([N+](=O)[O-])ccc1Cl. The quantitative estimate of drug-likeness (QED) is 0.466. The Morgan fingerprint density at radius 2 is 2.04 bits per heavy atom. The number of amides is 1. The number of carbonyl (C=O) groups is 2. The lowest BCUT2D eigenvalue weighted by Gasteiger charge is -2.08.